The molecule has 41 heavy (non-hydrogen) atoms. The number of rotatable bonds is 9. The number of fused-ring (bicyclic) bond motifs is 3. The number of nitrogens with two attached hydrogens (primary N) is 1. The predicted molar refractivity (Wildman–Crippen MR) is 159 cm³/mol. The molecule has 9 nitrogen and oxygen atoms in total. The molecule has 3 atom stereocenters. The average Bonchev–Trinajstić information content (AvgIpc) is 3.67. The molecule has 1 aliphatic heterocycles. The maximum Gasteiger partial charge on any atom is 0.251 e. The van der Waals surface area contributed by atoms with Gasteiger partial charge in [0.1, 0.15) is 11.9 Å². The van der Waals surface area contributed by atoms with Crippen LogP contribution in [-0.4, -0.2) is 67.0 Å². The maximum absolute atomic E-state index is 15.6. The van der Waals surface area contributed by atoms with Crippen LogP contribution in [-0.2, 0) is 14.3 Å². The highest BCUT2D eigenvalue weighted by Crippen LogP contribution is 2.34. The first-order valence-corrected chi connectivity index (χ1v) is 14.7. The molecule has 0 bridgehead atoms. The van der Waals surface area contributed by atoms with E-state index >= 15 is 4.39 Å². The summed E-state index contributed by atoms with van der Waals surface area (Å²) in [6.07, 6.45) is -0.232. The summed E-state index contributed by atoms with van der Waals surface area (Å²) in [4.78, 5) is 41.5. The molecule has 2 aromatic carbocycles. The molecule has 4 aromatic rings. The number of nitrogens with zero attached hydrogens (tertiary/aromatic N) is 1. The van der Waals surface area contributed by atoms with E-state index in [-0.39, 0.29) is 25.4 Å². The van der Waals surface area contributed by atoms with Gasteiger partial charge in [-0.15, -0.1) is 22.7 Å². The Morgan fingerprint density at radius 3 is 2.66 bits per heavy atom. The van der Waals surface area contributed by atoms with Crippen molar-refractivity contribution in [3.05, 3.63) is 69.9 Å². The number of likely N-dealkylation sites (tertiary alicyclic amines) is 1. The van der Waals surface area contributed by atoms with Crippen molar-refractivity contribution in [1.29, 1.82) is 5.41 Å². The largest absolute Gasteiger partial charge is 0.384 e. The summed E-state index contributed by atoms with van der Waals surface area (Å²) in [5.74, 6) is -1.60. The van der Waals surface area contributed by atoms with Gasteiger partial charge in [0, 0.05) is 55.1 Å². The molecule has 1 saturated heterocycles. The van der Waals surface area contributed by atoms with Gasteiger partial charge in [0.15, 0.2) is 5.67 Å². The smallest absolute Gasteiger partial charge is 0.251 e. The van der Waals surface area contributed by atoms with Crippen molar-refractivity contribution in [2.24, 2.45) is 5.73 Å². The van der Waals surface area contributed by atoms with Crippen molar-refractivity contribution in [2.75, 3.05) is 26.8 Å². The zero-order chi connectivity index (χ0) is 29.3. The highest BCUT2D eigenvalue weighted by Gasteiger charge is 2.49. The van der Waals surface area contributed by atoms with Gasteiger partial charge in [-0.1, -0.05) is 18.2 Å². The van der Waals surface area contributed by atoms with E-state index in [1.165, 1.54) is 23.3 Å². The molecule has 1 fully saturated rings. The molecular weight excluding hydrogens is 565 g/mol. The van der Waals surface area contributed by atoms with E-state index in [9.17, 15) is 14.4 Å². The van der Waals surface area contributed by atoms with Crippen LogP contribution in [0.4, 0.5) is 4.39 Å². The normalized spacial score (nSPS) is 19.4. The van der Waals surface area contributed by atoms with E-state index in [1.807, 2.05) is 30.3 Å². The van der Waals surface area contributed by atoms with Crippen LogP contribution in [0.1, 0.15) is 40.2 Å². The number of nitrogen functional groups attached to an aromatic ring is 1. The number of thiophene rings is 2. The molecule has 0 spiro atoms. The molecule has 5 N–H and O–H groups in total. The van der Waals surface area contributed by atoms with Crippen LogP contribution in [0.15, 0.2) is 53.9 Å². The predicted octanol–water partition coefficient (Wildman–Crippen LogP) is 3.96. The Bertz CT molecular complexity index is 1650. The van der Waals surface area contributed by atoms with E-state index in [0.717, 1.165) is 25.0 Å². The fourth-order valence-electron chi connectivity index (χ4n) is 5.12. The van der Waals surface area contributed by atoms with Crippen molar-refractivity contribution in [3.8, 4) is 0 Å². The van der Waals surface area contributed by atoms with Gasteiger partial charge >= 0.3 is 0 Å². The van der Waals surface area contributed by atoms with Crippen molar-refractivity contribution in [3.63, 3.8) is 0 Å². The molecule has 0 radical (unpaired) electrons. The molecule has 3 amide bonds. The summed E-state index contributed by atoms with van der Waals surface area (Å²) < 4.78 is 22.8. The minimum atomic E-state index is -1.91. The van der Waals surface area contributed by atoms with Crippen LogP contribution < -0.4 is 16.4 Å². The third-order valence-electron chi connectivity index (χ3n) is 7.17. The molecule has 2 aromatic heterocycles. The van der Waals surface area contributed by atoms with Crippen LogP contribution >= 0.6 is 22.7 Å². The lowest BCUT2D eigenvalue weighted by molar-refractivity contribution is -0.138. The second-order valence-electron chi connectivity index (χ2n) is 10.2. The van der Waals surface area contributed by atoms with Crippen LogP contribution in [0, 0.1) is 5.41 Å². The Labute approximate surface area is 244 Å². The van der Waals surface area contributed by atoms with E-state index in [4.69, 9.17) is 15.9 Å². The minimum Gasteiger partial charge on any atom is -0.384 e. The van der Waals surface area contributed by atoms with Crippen molar-refractivity contribution in [1.82, 2.24) is 15.5 Å². The summed E-state index contributed by atoms with van der Waals surface area (Å²) >= 11 is 2.98. The summed E-state index contributed by atoms with van der Waals surface area (Å²) in [6.45, 7) is 0.767. The van der Waals surface area contributed by atoms with E-state index in [0.29, 0.717) is 11.1 Å². The first-order chi connectivity index (χ1) is 19.6. The second kappa shape index (κ2) is 11.6. The second-order valence-corrected chi connectivity index (χ2v) is 12.2. The van der Waals surface area contributed by atoms with Gasteiger partial charge in [0.05, 0.1) is 25.7 Å². The van der Waals surface area contributed by atoms with E-state index in [2.05, 4.69) is 10.6 Å². The van der Waals surface area contributed by atoms with Crippen molar-refractivity contribution < 1.29 is 23.5 Å². The van der Waals surface area contributed by atoms with Crippen LogP contribution in [0.2, 0.25) is 0 Å². The van der Waals surface area contributed by atoms with Gasteiger partial charge < -0.3 is 26.0 Å². The fraction of sp³-hybridized carbons (Fsp3) is 0.310. The number of amidine groups is 1. The highest BCUT2D eigenvalue weighted by molar-refractivity contribution is 7.25. The van der Waals surface area contributed by atoms with Gasteiger partial charge in [-0.05, 0) is 37.3 Å². The molecule has 3 heterocycles. The Morgan fingerprint density at radius 1 is 1.17 bits per heavy atom. The number of hydrogen-bond donors (Lipinski definition) is 4. The van der Waals surface area contributed by atoms with Crippen molar-refractivity contribution >= 4 is 66.4 Å². The SMILES string of the molecule is COC[C@@]1(F)C[C@@H](C(=O)N[C@H](C)c2cc(C(=N)N)cs2)N(C(=O)CNC(=O)c2ccc3sc4ccccc4c3c2)C1. The molecule has 214 valence electrons. The summed E-state index contributed by atoms with van der Waals surface area (Å²) in [6, 6.07) is 13.5. The van der Waals surface area contributed by atoms with Crippen molar-refractivity contribution in [2.45, 2.75) is 31.1 Å². The Hall–Kier alpha value is -3.87. The number of methoxy groups -OCH3 is 1. The standard InChI is InChI=1S/C29H30FN5O4S2/c1-16(24-10-18(13-40-24)26(31)32)34-28(38)21-11-29(30,15-39-2)14-35(21)25(36)12-33-27(37)17-7-8-23-20(9-17)19-5-3-4-6-22(19)41-23/h3-10,13,16,21H,11-12,14-15H2,1-2H3,(H3,31,32)(H,33,37)(H,34,38)/t16-,21+,29-/m1/s1. The van der Waals surface area contributed by atoms with Gasteiger partial charge in [0.2, 0.25) is 11.8 Å². The Morgan fingerprint density at radius 2 is 1.93 bits per heavy atom. The minimum absolute atomic E-state index is 0.0778. The molecule has 0 saturated carbocycles. The zero-order valence-corrected chi connectivity index (χ0v) is 24.2. The number of benzene rings is 2. The lowest BCUT2D eigenvalue weighted by Crippen LogP contribution is -2.49. The quantitative estimate of drug-likeness (QED) is 0.171. The Balaban J connectivity index is 1.28. The molecule has 5 rings (SSSR count). The number of hydrogen-bond acceptors (Lipinski definition) is 7. The number of alkyl halides is 1. The summed E-state index contributed by atoms with van der Waals surface area (Å²) in [5.41, 5.74) is 4.59. The first kappa shape index (κ1) is 28.7. The number of carbonyl (C=O) groups excluding carboxylic acids is 3. The lowest BCUT2D eigenvalue weighted by atomic mass is 10.0. The number of halogens is 1. The summed E-state index contributed by atoms with van der Waals surface area (Å²) in [5, 5.41) is 16.8. The number of ether oxygens (including phenoxy) is 1. The molecule has 0 aliphatic carbocycles. The number of amides is 3. The zero-order valence-electron chi connectivity index (χ0n) is 22.5. The van der Waals surface area contributed by atoms with Crippen LogP contribution in [0.5, 0.6) is 0 Å². The topological polar surface area (TPSA) is 138 Å². The van der Waals surface area contributed by atoms with E-state index < -0.39 is 42.0 Å². The molecule has 1 aliphatic rings. The van der Waals surface area contributed by atoms with Crippen LogP contribution in [0.3, 0.4) is 0 Å². The third kappa shape index (κ3) is 5.95. The molecular formula is C29H30FN5O4S2. The monoisotopic (exact) mass is 595 g/mol. The van der Waals surface area contributed by atoms with Gasteiger partial charge in [-0.3, -0.25) is 19.8 Å². The number of carbonyl (C=O) groups is 3. The average molecular weight is 596 g/mol. The highest BCUT2D eigenvalue weighted by atomic mass is 32.1. The maximum atomic E-state index is 15.6. The molecule has 12 heteroatoms. The molecule has 0 unspecified atom stereocenters. The lowest BCUT2D eigenvalue weighted by Gasteiger charge is -2.25. The first-order valence-electron chi connectivity index (χ1n) is 13.0. The number of nitrogens with one attached hydrogen (secondary N) is 3. The van der Waals surface area contributed by atoms with Gasteiger partial charge in [0.25, 0.3) is 5.91 Å². The van der Waals surface area contributed by atoms with E-state index in [1.54, 1.807) is 41.8 Å². The summed E-state index contributed by atoms with van der Waals surface area (Å²) in [7, 11) is 1.36. The third-order valence-corrected chi connectivity index (χ3v) is 9.44. The fourth-order valence-corrected chi connectivity index (χ4v) is 7.13. The Kier molecular flexibility index (Phi) is 8.07. The van der Waals surface area contributed by atoms with Gasteiger partial charge in [-0.25, -0.2) is 4.39 Å². The van der Waals surface area contributed by atoms with Gasteiger partial charge in [-0.2, -0.15) is 0 Å². The van der Waals surface area contributed by atoms with Crippen LogP contribution in [0.25, 0.3) is 20.2 Å².